The summed E-state index contributed by atoms with van der Waals surface area (Å²) in [5, 5.41) is 3.06. The van der Waals surface area contributed by atoms with E-state index in [0.717, 1.165) is 15.7 Å². The average Bonchev–Trinajstić information content (AvgIpc) is 2.20. The second-order valence-corrected chi connectivity index (χ2v) is 3.95. The Morgan fingerprint density at radius 3 is 2.33 bits per heavy atom. The first-order valence-corrected chi connectivity index (χ1v) is 5.28. The molecule has 0 fully saturated rings. The Hall–Kier alpha value is 0.524. The van der Waals surface area contributed by atoms with Crippen LogP contribution in [0.1, 0.15) is 11.5 Å². The second kappa shape index (κ2) is 7.74. The Morgan fingerprint density at radius 2 is 1.93 bits per heavy atom. The minimum atomic E-state index is 0. The van der Waals surface area contributed by atoms with Crippen LogP contribution in [0.5, 0.6) is 0 Å². The Labute approximate surface area is 124 Å². The molecule has 0 saturated heterocycles. The molecule has 1 radical (unpaired) electrons. The van der Waals surface area contributed by atoms with Crippen molar-refractivity contribution < 1.29 is 32.7 Å². The van der Waals surface area contributed by atoms with Crippen molar-refractivity contribution in [3.63, 3.8) is 0 Å². The zero-order valence-corrected chi connectivity index (χ0v) is 13.1. The molecule has 0 aliphatic carbocycles. The Bertz CT molecular complexity index is 303. The van der Waals surface area contributed by atoms with Crippen molar-refractivity contribution in [3.05, 3.63) is 39.7 Å². The van der Waals surface area contributed by atoms with Crippen LogP contribution >= 0.6 is 15.9 Å². The van der Waals surface area contributed by atoms with Crippen LogP contribution in [0.4, 0.5) is 5.69 Å². The zero-order chi connectivity index (χ0) is 10.6. The molecule has 3 nitrogen and oxygen atoms in total. The largest absolute Gasteiger partial charge is 0.677 e. The van der Waals surface area contributed by atoms with Crippen molar-refractivity contribution in [3.8, 4) is 0 Å². The van der Waals surface area contributed by atoms with Gasteiger partial charge < -0.3 is 16.8 Å². The van der Waals surface area contributed by atoms with Gasteiger partial charge in [-0.05, 0) is 33.6 Å². The van der Waals surface area contributed by atoms with Gasteiger partial charge in [-0.25, -0.2) is 0 Å². The Balaban J connectivity index is 0.00000196. The van der Waals surface area contributed by atoms with Crippen molar-refractivity contribution in [2.24, 2.45) is 0 Å². The van der Waals surface area contributed by atoms with Gasteiger partial charge in [0.15, 0.2) is 0 Å². The normalized spacial score (nSPS) is 9.93. The van der Waals surface area contributed by atoms with Gasteiger partial charge >= 0.3 is 0 Å². The van der Waals surface area contributed by atoms with Gasteiger partial charge in [0.05, 0.1) is 0 Å². The molecule has 0 heterocycles. The second-order valence-electron chi connectivity index (χ2n) is 3.09. The van der Waals surface area contributed by atoms with E-state index in [2.05, 4.69) is 21.2 Å². The van der Waals surface area contributed by atoms with Gasteiger partial charge in [0.1, 0.15) is 0 Å². The van der Waals surface area contributed by atoms with Gasteiger partial charge in [0.2, 0.25) is 0 Å². The molecule has 0 amide bonds. The van der Waals surface area contributed by atoms with Gasteiger partial charge in [0.25, 0.3) is 0 Å². The summed E-state index contributed by atoms with van der Waals surface area (Å²) < 4.78 is 0.990. The summed E-state index contributed by atoms with van der Waals surface area (Å²) >= 11 is 3.45. The maximum atomic E-state index is 7.32. The molecule has 0 aliphatic heterocycles. The van der Waals surface area contributed by atoms with E-state index in [4.69, 9.17) is 11.5 Å². The summed E-state index contributed by atoms with van der Waals surface area (Å²) in [4.78, 5) is 0. The van der Waals surface area contributed by atoms with Gasteiger partial charge in [-0.15, -0.1) is 13.1 Å². The van der Waals surface area contributed by atoms with Crippen LogP contribution in [0.2, 0.25) is 0 Å². The van der Waals surface area contributed by atoms with E-state index in [1.54, 1.807) is 0 Å². The molecular formula is C10H14BrN3Y-2. The SMILES string of the molecule is CNc1ccc(C(C[NH-])C[NH-])cc1Br.[Y]. The van der Waals surface area contributed by atoms with E-state index in [-0.39, 0.29) is 51.7 Å². The first-order valence-electron chi connectivity index (χ1n) is 4.49. The third-order valence-electron chi connectivity index (χ3n) is 2.23. The van der Waals surface area contributed by atoms with E-state index in [1.165, 1.54) is 0 Å². The maximum absolute atomic E-state index is 7.32. The van der Waals surface area contributed by atoms with Crippen LogP contribution < -0.4 is 5.32 Å². The fourth-order valence-electron chi connectivity index (χ4n) is 1.30. The number of benzene rings is 1. The monoisotopic (exact) mass is 344 g/mol. The smallest absolute Gasteiger partial charge is 0.0482 e. The predicted molar refractivity (Wildman–Crippen MR) is 64.8 cm³/mol. The average molecular weight is 345 g/mol. The van der Waals surface area contributed by atoms with Crippen LogP contribution in [0.15, 0.2) is 22.7 Å². The third-order valence-corrected chi connectivity index (χ3v) is 2.88. The molecule has 1 rings (SSSR count). The topological polar surface area (TPSA) is 59.6 Å². The summed E-state index contributed by atoms with van der Waals surface area (Å²) in [6.45, 7) is 0.545. The van der Waals surface area contributed by atoms with Crippen molar-refractivity contribution in [2.45, 2.75) is 5.92 Å². The fourth-order valence-corrected chi connectivity index (χ4v) is 1.89. The van der Waals surface area contributed by atoms with Gasteiger partial charge in [-0.3, -0.25) is 0 Å². The Morgan fingerprint density at radius 1 is 1.33 bits per heavy atom. The standard InChI is InChI=1S/C10H14BrN3.Y/c1-14-10-3-2-7(4-9(10)11)8(5-12)6-13;/h2-4,8,12-14H,5-6H2,1H3;/q-2;. The van der Waals surface area contributed by atoms with Crippen LogP contribution in [-0.2, 0) is 32.7 Å². The molecule has 3 N–H and O–H groups in total. The molecule has 0 bridgehead atoms. The van der Waals surface area contributed by atoms with Crippen LogP contribution in [0, 0.1) is 0 Å². The molecule has 0 saturated carbocycles. The fraction of sp³-hybridized carbons (Fsp3) is 0.400. The van der Waals surface area contributed by atoms with E-state index in [1.807, 2.05) is 25.2 Å². The molecule has 5 heteroatoms. The number of hydrogen-bond donors (Lipinski definition) is 1. The Kier molecular flexibility index (Phi) is 8.01. The van der Waals surface area contributed by atoms with Crippen molar-refractivity contribution in [1.82, 2.24) is 0 Å². The molecule has 0 aliphatic rings. The minimum absolute atomic E-state index is 0. The molecular weight excluding hydrogens is 331 g/mol. The van der Waals surface area contributed by atoms with Crippen molar-refractivity contribution in [2.75, 3.05) is 25.5 Å². The number of rotatable bonds is 4. The van der Waals surface area contributed by atoms with Gasteiger partial charge in [-0.2, -0.15) is 0 Å². The van der Waals surface area contributed by atoms with Gasteiger partial charge in [0, 0.05) is 49.9 Å². The molecule has 0 spiro atoms. The van der Waals surface area contributed by atoms with Crippen LogP contribution in [0.25, 0.3) is 11.5 Å². The molecule has 0 aromatic heterocycles. The predicted octanol–water partition coefficient (Wildman–Crippen LogP) is 3.68. The number of halogens is 1. The minimum Gasteiger partial charge on any atom is -0.677 e. The summed E-state index contributed by atoms with van der Waals surface area (Å²) in [6, 6.07) is 5.93. The molecule has 1 aromatic carbocycles. The summed E-state index contributed by atoms with van der Waals surface area (Å²) in [5.41, 5.74) is 16.7. The first-order chi connectivity index (χ1) is 6.72. The molecule has 81 valence electrons. The molecule has 0 unspecified atom stereocenters. The summed E-state index contributed by atoms with van der Waals surface area (Å²) in [5.74, 6) is 0.0252. The van der Waals surface area contributed by atoms with Crippen LogP contribution in [0.3, 0.4) is 0 Å². The van der Waals surface area contributed by atoms with Crippen molar-refractivity contribution >= 4 is 21.6 Å². The quantitative estimate of drug-likeness (QED) is 0.889. The van der Waals surface area contributed by atoms with E-state index < -0.39 is 0 Å². The van der Waals surface area contributed by atoms with Crippen molar-refractivity contribution in [1.29, 1.82) is 0 Å². The van der Waals surface area contributed by atoms with Gasteiger partial charge in [-0.1, -0.05) is 12.0 Å². The summed E-state index contributed by atoms with van der Waals surface area (Å²) in [7, 11) is 1.87. The number of anilines is 1. The molecule has 15 heavy (non-hydrogen) atoms. The van der Waals surface area contributed by atoms with Crippen LogP contribution in [-0.4, -0.2) is 20.1 Å². The first kappa shape index (κ1) is 15.5. The zero-order valence-electron chi connectivity index (χ0n) is 8.68. The molecule has 1 aromatic rings. The molecule has 0 atom stereocenters. The summed E-state index contributed by atoms with van der Waals surface area (Å²) in [6.07, 6.45) is 0. The number of hydrogen-bond acceptors (Lipinski definition) is 1. The van der Waals surface area contributed by atoms with E-state index in [9.17, 15) is 0 Å². The van der Waals surface area contributed by atoms with E-state index >= 15 is 0 Å². The van der Waals surface area contributed by atoms with E-state index in [0.29, 0.717) is 0 Å². The number of nitrogens with one attached hydrogen (secondary N) is 3. The maximum Gasteiger partial charge on any atom is 0.0482 e. The third kappa shape index (κ3) is 4.12.